The minimum Gasteiger partial charge on any atom is -0.382 e. The molecule has 1 saturated carbocycles. The van der Waals surface area contributed by atoms with E-state index in [0.29, 0.717) is 6.04 Å². The number of rotatable bonds is 9. The molecule has 1 aromatic carbocycles. The second-order valence-electron chi connectivity index (χ2n) is 7.05. The highest BCUT2D eigenvalue weighted by Gasteiger charge is 2.22. The van der Waals surface area contributed by atoms with Crippen LogP contribution in [0, 0.1) is 5.92 Å². The Morgan fingerprint density at radius 2 is 1.88 bits per heavy atom. The largest absolute Gasteiger partial charge is 0.382 e. The maximum absolute atomic E-state index is 12.1. The van der Waals surface area contributed by atoms with Crippen LogP contribution in [0.5, 0.6) is 0 Å². The van der Waals surface area contributed by atoms with Crippen LogP contribution in [0.1, 0.15) is 64.4 Å². The summed E-state index contributed by atoms with van der Waals surface area (Å²) in [5.74, 6) is 0.519. The van der Waals surface area contributed by atoms with Crippen molar-refractivity contribution in [2.24, 2.45) is 5.92 Å². The molecule has 2 N–H and O–H groups in total. The molecule has 1 fully saturated rings. The predicted octanol–water partition coefficient (Wildman–Crippen LogP) is 5.00. The van der Waals surface area contributed by atoms with Gasteiger partial charge in [-0.25, -0.2) is 0 Å². The zero-order chi connectivity index (χ0) is 17.4. The van der Waals surface area contributed by atoms with Gasteiger partial charge in [-0.1, -0.05) is 50.5 Å². The van der Waals surface area contributed by atoms with Crippen molar-refractivity contribution in [1.29, 1.82) is 0 Å². The van der Waals surface area contributed by atoms with Crippen molar-refractivity contribution in [3.63, 3.8) is 0 Å². The molecule has 24 heavy (non-hydrogen) atoms. The Balaban J connectivity index is 1.80. The molecular formula is C21H32N2O. The van der Waals surface area contributed by atoms with E-state index in [1.807, 2.05) is 6.92 Å². The third-order valence-corrected chi connectivity index (χ3v) is 4.90. The first-order chi connectivity index (χ1) is 11.6. The molecule has 3 heteroatoms. The Kier molecular flexibility index (Phi) is 7.36. The highest BCUT2D eigenvalue weighted by molar-refractivity contribution is 5.78. The quantitative estimate of drug-likeness (QED) is 0.670. The summed E-state index contributed by atoms with van der Waals surface area (Å²) in [6.45, 7) is 8.96. The molecule has 1 aromatic rings. The highest BCUT2D eigenvalue weighted by Crippen LogP contribution is 2.24. The highest BCUT2D eigenvalue weighted by atomic mass is 16.1. The lowest BCUT2D eigenvalue weighted by molar-refractivity contribution is -0.124. The van der Waals surface area contributed by atoms with Crippen LogP contribution in [0.15, 0.2) is 30.8 Å². The molecule has 0 bridgehead atoms. The molecule has 0 saturated heterocycles. The van der Waals surface area contributed by atoms with Crippen LogP contribution in [0.4, 0.5) is 5.69 Å². The van der Waals surface area contributed by atoms with E-state index in [-0.39, 0.29) is 11.8 Å². The minimum absolute atomic E-state index is 0.258. The van der Waals surface area contributed by atoms with E-state index in [2.05, 4.69) is 48.4 Å². The third kappa shape index (κ3) is 5.70. The van der Waals surface area contributed by atoms with Gasteiger partial charge in [-0.2, -0.15) is 0 Å². The summed E-state index contributed by atoms with van der Waals surface area (Å²) in [6, 6.07) is 8.84. The average Bonchev–Trinajstić information content (AvgIpc) is 3.10. The summed E-state index contributed by atoms with van der Waals surface area (Å²) in [5, 5.41) is 6.74. The van der Waals surface area contributed by atoms with Gasteiger partial charge >= 0.3 is 0 Å². The van der Waals surface area contributed by atoms with Crippen LogP contribution in [0.25, 0.3) is 5.57 Å². The van der Waals surface area contributed by atoms with Gasteiger partial charge in [0.15, 0.2) is 0 Å². The Hall–Kier alpha value is -1.77. The normalized spacial score (nSPS) is 15.9. The number of hydrogen-bond donors (Lipinski definition) is 2. The number of anilines is 1. The van der Waals surface area contributed by atoms with Crippen LogP contribution >= 0.6 is 0 Å². The first-order valence-electron chi connectivity index (χ1n) is 9.40. The van der Waals surface area contributed by atoms with Crippen molar-refractivity contribution in [2.45, 2.75) is 64.8 Å². The van der Waals surface area contributed by atoms with Crippen molar-refractivity contribution < 1.29 is 4.79 Å². The zero-order valence-corrected chi connectivity index (χ0v) is 15.2. The fraction of sp³-hybridized carbons (Fsp3) is 0.571. The van der Waals surface area contributed by atoms with Gasteiger partial charge in [0.2, 0.25) is 5.91 Å². The van der Waals surface area contributed by atoms with Crippen LogP contribution in [0.2, 0.25) is 0 Å². The van der Waals surface area contributed by atoms with Crippen LogP contribution in [-0.2, 0) is 4.79 Å². The van der Waals surface area contributed by atoms with E-state index >= 15 is 0 Å². The summed E-state index contributed by atoms with van der Waals surface area (Å²) in [5.41, 5.74) is 3.40. The number of hydrogen-bond acceptors (Lipinski definition) is 2. The van der Waals surface area contributed by atoms with Gasteiger partial charge in [0.1, 0.15) is 0 Å². The Labute approximate surface area is 146 Å². The lowest BCUT2D eigenvalue weighted by Gasteiger charge is -2.20. The van der Waals surface area contributed by atoms with Gasteiger partial charge < -0.3 is 10.6 Å². The topological polar surface area (TPSA) is 41.1 Å². The maximum Gasteiger partial charge on any atom is 0.223 e. The molecule has 1 atom stereocenters. The Bertz CT molecular complexity index is 529. The molecule has 2 rings (SSSR count). The number of nitrogens with one attached hydrogen (secondary N) is 2. The second kappa shape index (κ2) is 9.51. The van der Waals surface area contributed by atoms with E-state index < -0.39 is 0 Å². The monoisotopic (exact) mass is 328 g/mol. The SMILES string of the molecule is C=C(C)c1ccc(NC(CCC)CCNC(=O)C2CCCC2)cc1. The Morgan fingerprint density at radius 1 is 1.21 bits per heavy atom. The summed E-state index contributed by atoms with van der Waals surface area (Å²) in [4.78, 5) is 12.1. The number of amides is 1. The van der Waals surface area contributed by atoms with E-state index in [9.17, 15) is 4.79 Å². The lowest BCUT2D eigenvalue weighted by atomic mass is 10.1. The smallest absolute Gasteiger partial charge is 0.223 e. The van der Waals surface area contributed by atoms with Gasteiger partial charge in [0.05, 0.1) is 0 Å². The molecule has 1 amide bonds. The van der Waals surface area contributed by atoms with Crippen molar-refractivity contribution in [3.05, 3.63) is 36.4 Å². The molecule has 1 unspecified atom stereocenters. The molecule has 132 valence electrons. The minimum atomic E-state index is 0.258. The van der Waals surface area contributed by atoms with Gasteiger partial charge in [-0.15, -0.1) is 0 Å². The first-order valence-corrected chi connectivity index (χ1v) is 9.40. The summed E-state index contributed by atoms with van der Waals surface area (Å²) < 4.78 is 0. The van der Waals surface area contributed by atoms with Crippen molar-refractivity contribution >= 4 is 17.2 Å². The predicted molar refractivity (Wildman–Crippen MR) is 103 cm³/mol. The van der Waals surface area contributed by atoms with Crippen LogP contribution < -0.4 is 10.6 Å². The van der Waals surface area contributed by atoms with Gasteiger partial charge in [-0.3, -0.25) is 4.79 Å². The Morgan fingerprint density at radius 3 is 2.46 bits per heavy atom. The molecular weight excluding hydrogens is 296 g/mol. The molecule has 1 aliphatic rings. The molecule has 0 radical (unpaired) electrons. The molecule has 0 aliphatic heterocycles. The van der Waals surface area contributed by atoms with Crippen molar-refractivity contribution in [1.82, 2.24) is 5.32 Å². The summed E-state index contributed by atoms with van der Waals surface area (Å²) >= 11 is 0. The van der Waals surface area contributed by atoms with E-state index in [1.54, 1.807) is 0 Å². The number of carbonyl (C=O) groups excluding carboxylic acids is 1. The summed E-state index contributed by atoms with van der Waals surface area (Å²) in [6.07, 6.45) is 7.76. The second-order valence-corrected chi connectivity index (χ2v) is 7.05. The zero-order valence-electron chi connectivity index (χ0n) is 15.2. The third-order valence-electron chi connectivity index (χ3n) is 4.90. The van der Waals surface area contributed by atoms with Crippen LogP contribution in [-0.4, -0.2) is 18.5 Å². The van der Waals surface area contributed by atoms with E-state index in [0.717, 1.165) is 49.9 Å². The molecule has 1 aliphatic carbocycles. The van der Waals surface area contributed by atoms with Crippen molar-refractivity contribution in [2.75, 3.05) is 11.9 Å². The van der Waals surface area contributed by atoms with Gasteiger partial charge in [0.25, 0.3) is 0 Å². The number of benzene rings is 1. The lowest BCUT2D eigenvalue weighted by Crippen LogP contribution is -2.33. The molecule has 3 nitrogen and oxygen atoms in total. The molecule has 0 aromatic heterocycles. The molecule has 0 heterocycles. The van der Waals surface area contributed by atoms with Gasteiger partial charge in [0, 0.05) is 24.2 Å². The number of allylic oxidation sites excluding steroid dienone is 1. The standard InChI is InChI=1S/C21H32N2O/c1-4-7-19(14-15-22-21(24)18-8-5-6-9-18)23-20-12-10-17(11-13-20)16(2)3/h10-13,18-19,23H,2,4-9,14-15H2,1,3H3,(H,22,24). The first kappa shape index (κ1) is 18.6. The average molecular weight is 329 g/mol. The fourth-order valence-corrected chi connectivity index (χ4v) is 3.43. The van der Waals surface area contributed by atoms with Gasteiger partial charge in [-0.05, 0) is 50.3 Å². The molecule has 0 spiro atoms. The summed E-state index contributed by atoms with van der Waals surface area (Å²) in [7, 11) is 0. The van der Waals surface area contributed by atoms with Crippen LogP contribution in [0.3, 0.4) is 0 Å². The van der Waals surface area contributed by atoms with Crippen molar-refractivity contribution in [3.8, 4) is 0 Å². The number of carbonyl (C=O) groups is 1. The maximum atomic E-state index is 12.1. The fourth-order valence-electron chi connectivity index (χ4n) is 3.43. The van der Waals surface area contributed by atoms with E-state index in [1.165, 1.54) is 18.4 Å². The van der Waals surface area contributed by atoms with E-state index in [4.69, 9.17) is 0 Å².